The van der Waals surface area contributed by atoms with Crippen LogP contribution in [0.25, 0.3) is 21.8 Å². The number of benzene rings is 1. The fraction of sp³-hybridized carbons (Fsp3) is 0.320. The first-order valence-electron chi connectivity index (χ1n) is 11.0. The first-order valence-corrected chi connectivity index (χ1v) is 11.0. The van der Waals surface area contributed by atoms with Gasteiger partial charge in [-0.15, -0.1) is 0 Å². The Morgan fingerprint density at radius 1 is 1.15 bits per heavy atom. The molecule has 1 aliphatic rings. The second kappa shape index (κ2) is 8.20. The number of nitrogens with zero attached hydrogens (tertiary/aromatic N) is 4. The standard InChI is InChI=1S/C25H26FN5O2/c1-25(2,32)33-22-12-17(31-10-8-19-23(27)29-14-30-24(19)31)11-16(22)4-3-15-5-6-21(26)18-7-9-28-13-20(15)18/h5-11,13-14,17,22,32H,3-4,12H2,1-2H3,(H2,27,29,30)/t17-,22+/m1/s1. The highest BCUT2D eigenvalue weighted by molar-refractivity contribution is 5.86. The molecule has 3 aromatic heterocycles. The van der Waals surface area contributed by atoms with Crippen LogP contribution in [0.1, 0.15) is 38.3 Å². The lowest BCUT2D eigenvalue weighted by atomic mass is 9.98. The van der Waals surface area contributed by atoms with Crippen LogP contribution in [0.3, 0.4) is 0 Å². The van der Waals surface area contributed by atoms with Gasteiger partial charge in [0.2, 0.25) is 0 Å². The Hall–Kier alpha value is -3.36. The summed E-state index contributed by atoms with van der Waals surface area (Å²) in [6, 6.07) is 6.94. The summed E-state index contributed by atoms with van der Waals surface area (Å²) in [4.78, 5) is 12.7. The van der Waals surface area contributed by atoms with Gasteiger partial charge in [-0.2, -0.15) is 0 Å². The predicted molar refractivity (Wildman–Crippen MR) is 125 cm³/mol. The van der Waals surface area contributed by atoms with Crippen LogP contribution < -0.4 is 5.73 Å². The van der Waals surface area contributed by atoms with Gasteiger partial charge in [-0.1, -0.05) is 12.1 Å². The van der Waals surface area contributed by atoms with Gasteiger partial charge in [0.05, 0.1) is 17.5 Å². The highest BCUT2D eigenvalue weighted by atomic mass is 19.1. The number of nitrogen functional groups attached to an aromatic ring is 1. The number of nitrogens with two attached hydrogens (primary N) is 1. The Bertz CT molecular complexity index is 1360. The SMILES string of the molecule is CC(C)(O)O[C@H]1C[C@H](n2ccc3c(N)ncnc32)C=C1CCc1ccc(F)c2ccncc12. The lowest BCUT2D eigenvalue weighted by molar-refractivity contribution is -0.197. The van der Waals surface area contributed by atoms with Gasteiger partial charge in [0, 0.05) is 35.8 Å². The molecule has 7 nitrogen and oxygen atoms in total. The molecule has 0 radical (unpaired) electrons. The second-order valence-corrected chi connectivity index (χ2v) is 8.94. The number of aryl methyl sites for hydroxylation is 1. The van der Waals surface area contributed by atoms with E-state index in [1.807, 2.05) is 18.3 Å². The molecular weight excluding hydrogens is 421 g/mol. The van der Waals surface area contributed by atoms with Crippen LogP contribution in [-0.2, 0) is 11.2 Å². The summed E-state index contributed by atoms with van der Waals surface area (Å²) in [6.07, 6.45) is 10.7. The third-order valence-electron chi connectivity index (χ3n) is 6.14. The molecule has 1 aliphatic carbocycles. The predicted octanol–water partition coefficient (Wildman–Crippen LogP) is 4.32. The first-order chi connectivity index (χ1) is 15.8. The van der Waals surface area contributed by atoms with Gasteiger partial charge in [-0.05, 0) is 56.0 Å². The maximum atomic E-state index is 14.2. The van der Waals surface area contributed by atoms with E-state index in [1.165, 1.54) is 12.4 Å². The molecule has 5 rings (SSSR count). The van der Waals surface area contributed by atoms with E-state index in [-0.39, 0.29) is 18.0 Å². The summed E-state index contributed by atoms with van der Waals surface area (Å²) < 4.78 is 22.3. The van der Waals surface area contributed by atoms with Crippen LogP contribution >= 0.6 is 0 Å². The Kier molecular flexibility index (Phi) is 5.34. The van der Waals surface area contributed by atoms with E-state index in [4.69, 9.17) is 10.5 Å². The Morgan fingerprint density at radius 2 is 2.00 bits per heavy atom. The van der Waals surface area contributed by atoms with Gasteiger partial charge in [-0.25, -0.2) is 14.4 Å². The first kappa shape index (κ1) is 21.5. The molecule has 0 amide bonds. The minimum absolute atomic E-state index is 0.00535. The van der Waals surface area contributed by atoms with E-state index in [9.17, 15) is 9.50 Å². The van der Waals surface area contributed by atoms with Crippen LogP contribution in [0, 0.1) is 5.82 Å². The number of aromatic nitrogens is 4. The number of ether oxygens (including phenoxy) is 1. The zero-order valence-corrected chi connectivity index (χ0v) is 18.6. The van der Waals surface area contributed by atoms with Crippen molar-refractivity contribution in [2.75, 3.05) is 5.73 Å². The molecule has 4 aromatic rings. The lowest BCUT2D eigenvalue weighted by Gasteiger charge is -2.26. The van der Waals surface area contributed by atoms with Crippen molar-refractivity contribution in [1.82, 2.24) is 19.5 Å². The molecule has 3 N–H and O–H groups in total. The molecule has 8 heteroatoms. The van der Waals surface area contributed by atoms with Crippen LogP contribution in [0.5, 0.6) is 0 Å². The van der Waals surface area contributed by atoms with Gasteiger partial charge < -0.3 is 20.1 Å². The van der Waals surface area contributed by atoms with E-state index in [0.717, 1.165) is 27.6 Å². The van der Waals surface area contributed by atoms with E-state index in [0.29, 0.717) is 30.5 Å². The number of anilines is 1. The topological polar surface area (TPSA) is 99.1 Å². The van der Waals surface area contributed by atoms with E-state index in [1.54, 1.807) is 32.3 Å². The second-order valence-electron chi connectivity index (χ2n) is 8.94. The molecule has 0 fully saturated rings. The van der Waals surface area contributed by atoms with E-state index >= 15 is 0 Å². The van der Waals surface area contributed by atoms with Crippen LogP contribution in [0.2, 0.25) is 0 Å². The van der Waals surface area contributed by atoms with Gasteiger partial charge >= 0.3 is 0 Å². The quantitative estimate of drug-likeness (QED) is 0.337. The number of halogens is 1. The van der Waals surface area contributed by atoms with Gasteiger partial charge in [0.1, 0.15) is 23.6 Å². The zero-order valence-electron chi connectivity index (χ0n) is 18.6. The molecule has 0 saturated carbocycles. The zero-order chi connectivity index (χ0) is 23.2. The van der Waals surface area contributed by atoms with Crippen molar-refractivity contribution in [2.24, 2.45) is 0 Å². The molecule has 0 bridgehead atoms. The number of fused-ring (bicyclic) bond motifs is 2. The smallest absolute Gasteiger partial charge is 0.160 e. The number of rotatable bonds is 6. The highest BCUT2D eigenvalue weighted by Crippen LogP contribution is 2.37. The molecule has 33 heavy (non-hydrogen) atoms. The average Bonchev–Trinajstić information content (AvgIpc) is 3.37. The summed E-state index contributed by atoms with van der Waals surface area (Å²) in [6.45, 7) is 3.27. The molecule has 0 spiro atoms. The van der Waals surface area contributed by atoms with Crippen molar-refractivity contribution < 1.29 is 14.2 Å². The third-order valence-corrected chi connectivity index (χ3v) is 6.14. The van der Waals surface area contributed by atoms with Gasteiger partial charge in [-0.3, -0.25) is 4.98 Å². The molecule has 170 valence electrons. The van der Waals surface area contributed by atoms with E-state index < -0.39 is 5.79 Å². The third kappa shape index (κ3) is 4.19. The number of allylic oxidation sites excluding steroid dienone is 1. The van der Waals surface area contributed by atoms with Crippen molar-refractivity contribution in [3.8, 4) is 0 Å². The Labute approximate surface area is 190 Å². The highest BCUT2D eigenvalue weighted by Gasteiger charge is 2.32. The number of pyridine rings is 1. The maximum Gasteiger partial charge on any atom is 0.160 e. The fourth-order valence-electron chi connectivity index (χ4n) is 4.67. The number of hydrogen-bond donors (Lipinski definition) is 2. The van der Waals surface area contributed by atoms with Crippen molar-refractivity contribution in [1.29, 1.82) is 0 Å². The summed E-state index contributed by atoms with van der Waals surface area (Å²) in [7, 11) is 0. The van der Waals surface area contributed by atoms with E-state index in [2.05, 4.69) is 25.6 Å². The average molecular weight is 448 g/mol. The number of aliphatic hydroxyl groups is 1. The van der Waals surface area contributed by atoms with Crippen LogP contribution in [0.4, 0.5) is 10.2 Å². The molecule has 0 saturated heterocycles. The van der Waals surface area contributed by atoms with Crippen molar-refractivity contribution in [3.05, 3.63) is 72.2 Å². The van der Waals surface area contributed by atoms with Crippen molar-refractivity contribution in [2.45, 2.75) is 51.0 Å². The molecule has 3 heterocycles. The summed E-state index contributed by atoms with van der Waals surface area (Å²) in [5.74, 6) is -1.07. The Balaban J connectivity index is 1.45. The minimum Gasteiger partial charge on any atom is -0.383 e. The molecule has 1 aromatic carbocycles. The largest absolute Gasteiger partial charge is 0.383 e. The summed E-state index contributed by atoms with van der Waals surface area (Å²) in [5.41, 5.74) is 8.89. The summed E-state index contributed by atoms with van der Waals surface area (Å²) in [5, 5.41) is 12.5. The molecular formula is C25H26FN5O2. The van der Waals surface area contributed by atoms with Crippen LogP contribution in [0.15, 0.2) is 60.8 Å². The molecule has 0 aliphatic heterocycles. The lowest BCUT2D eigenvalue weighted by Crippen LogP contribution is -2.30. The summed E-state index contributed by atoms with van der Waals surface area (Å²) >= 11 is 0. The maximum absolute atomic E-state index is 14.2. The Morgan fingerprint density at radius 3 is 2.82 bits per heavy atom. The monoisotopic (exact) mass is 447 g/mol. The van der Waals surface area contributed by atoms with Crippen molar-refractivity contribution in [3.63, 3.8) is 0 Å². The molecule has 2 atom stereocenters. The van der Waals surface area contributed by atoms with Crippen molar-refractivity contribution >= 4 is 27.6 Å². The van der Waals surface area contributed by atoms with Crippen LogP contribution in [-0.4, -0.2) is 36.5 Å². The van der Waals surface area contributed by atoms with Gasteiger partial charge in [0.25, 0.3) is 0 Å². The van der Waals surface area contributed by atoms with Gasteiger partial charge in [0.15, 0.2) is 5.79 Å². The fourth-order valence-corrected chi connectivity index (χ4v) is 4.67. The molecule has 0 unspecified atom stereocenters. The normalized spacial score (nSPS) is 18.8. The number of hydrogen-bond acceptors (Lipinski definition) is 6. The minimum atomic E-state index is -1.27.